The maximum atomic E-state index is 12.3. The van der Waals surface area contributed by atoms with E-state index in [1.54, 1.807) is 38.3 Å². The zero-order valence-corrected chi connectivity index (χ0v) is 12.0. The van der Waals surface area contributed by atoms with Crippen molar-refractivity contribution in [1.29, 1.82) is 0 Å². The summed E-state index contributed by atoms with van der Waals surface area (Å²) in [5.41, 5.74) is 1.20. The Morgan fingerprint density at radius 1 is 1.28 bits per heavy atom. The first-order chi connectivity index (χ1) is 8.52. The van der Waals surface area contributed by atoms with Crippen LogP contribution in [-0.4, -0.2) is 12.9 Å². The van der Waals surface area contributed by atoms with Gasteiger partial charge in [0.1, 0.15) is 17.3 Å². The second-order valence-corrected chi connectivity index (χ2v) is 4.86. The summed E-state index contributed by atoms with van der Waals surface area (Å²) in [5.74, 6) is 2.03. The standard InChI is InChI=1S/C14H13BrO3/c1-8-6-11(9(2)18-8)14(16)10-4-5-13(17-3)12(15)7-10/h4-7H,1-3H3. The van der Waals surface area contributed by atoms with Gasteiger partial charge in [-0.15, -0.1) is 0 Å². The molecule has 0 aliphatic rings. The van der Waals surface area contributed by atoms with Gasteiger partial charge in [0.2, 0.25) is 0 Å². The van der Waals surface area contributed by atoms with Crippen LogP contribution in [0.4, 0.5) is 0 Å². The van der Waals surface area contributed by atoms with E-state index in [2.05, 4.69) is 15.9 Å². The lowest BCUT2D eigenvalue weighted by Crippen LogP contribution is -2.01. The molecule has 0 fully saturated rings. The van der Waals surface area contributed by atoms with Crippen LogP contribution < -0.4 is 4.74 Å². The van der Waals surface area contributed by atoms with E-state index < -0.39 is 0 Å². The molecule has 0 radical (unpaired) electrons. The van der Waals surface area contributed by atoms with Crippen LogP contribution in [0.25, 0.3) is 0 Å². The van der Waals surface area contributed by atoms with Crippen LogP contribution >= 0.6 is 15.9 Å². The quantitative estimate of drug-likeness (QED) is 0.807. The highest BCUT2D eigenvalue weighted by Gasteiger charge is 2.16. The van der Waals surface area contributed by atoms with Crippen molar-refractivity contribution < 1.29 is 13.9 Å². The molecular formula is C14H13BrO3. The van der Waals surface area contributed by atoms with Crippen molar-refractivity contribution in [3.8, 4) is 5.75 Å². The Morgan fingerprint density at radius 3 is 2.50 bits per heavy atom. The van der Waals surface area contributed by atoms with Gasteiger partial charge in [-0.2, -0.15) is 0 Å². The van der Waals surface area contributed by atoms with Crippen LogP contribution in [0.5, 0.6) is 5.75 Å². The summed E-state index contributed by atoms with van der Waals surface area (Å²) in [4.78, 5) is 12.3. The third-order valence-electron chi connectivity index (χ3n) is 2.70. The molecule has 94 valence electrons. The Balaban J connectivity index is 2.40. The van der Waals surface area contributed by atoms with Gasteiger partial charge in [0.25, 0.3) is 0 Å². The highest BCUT2D eigenvalue weighted by molar-refractivity contribution is 9.10. The molecule has 0 atom stereocenters. The van der Waals surface area contributed by atoms with Crippen molar-refractivity contribution in [3.63, 3.8) is 0 Å². The number of ketones is 1. The van der Waals surface area contributed by atoms with Crippen LogP contribution in [-0.2, 0) is 0 Å². The minimum absolute atomic E-state index is 0.0484. The lowest BCUT2D eigenvalue weighted by atomic mass is 10.0. The third-order valence-corrected chi connectivity index (χ3v) is 3.32. The van der Waals surface area contributed by atoms with E-state index in [0.717, 1.165) is 10.2 Å². The summed E-state index contributed by atoms with van der Waals surface area (Å²) < 4.78 is 11.3. The van der Waals surface area contributed by atoms with Gasteiger partial charge in [-0.1, -0.05) is 0 Å². The van der Waals surface area contributed by atoms with E-state index in [1.165, 1.54) is 0 Å². The van der Waals surface area contributed by atoms with E-state index in [0.29, 0.717) is 22.6 Å². The molecule has 2 aromatic rings. The number of halogens is 1. The summed E-state index contributed by atoms with van der Waals surface area (Å²) in [6, 6.07) is 7.02. The number of carbonyl (C=O) groups is 1. The van der Waals surface area contributed by atoms with Gasteiger partial charge in [0, 0.05) is 5.56 Å². The summed E-state index contributed by atoms with van der Waals surface area (Å²) in [7, 11) is 1.59. The highest BCUT2D eigenvalue weighted by Crippen LogP contribution is 2.27. The van der Waals surface area contributed by atoms with Gasteiger partial charge >= 0.3 is 0 Å². The van der Waals surface area contributed by atoms with E-state index in [1.807, 2.05) is 6.92 Å². The minimum Gasteiger partial charge on any atom is -0.496 e. The SMILES string of the molecule is COc1ccc(C(=O)c2cc(C)oc2C)cc1Br. The Kier molecular flexibility index (Phi) is 3.57. The van der Waals surface area contributed by atoms with Crippen molar-refractivity contribution in [3.05, 3.63) is 51.4 Å². The maximum Gasteiger partial charge on any atom is 0.196 e. The summed E-state index contributed by atoms with van der Waals surface area (Å²) in [5, 5.41) is 0. The smallest absolute Gasteiger partial charge is 0.196 e. The lowest BCUT2D eigenvalue weighted by Gasteiger charge is -2.05. The van der Waals surface area contributed by atoms with Gasteiger partial charge in [-0.25, -0.2) is 0 Å². The van der Waals surface area contributed by atoms with Crippen LogP contribution in [0.1, 0.15) is 27.4 Å². The summed E-state index contributed by atoms with van der Waals surface area (Å²) >= 11 is 3.37. The molecule has 0 unspecified atom stereocenters. The number of aryl methyl sites for hydroxylation is 2. The van der Waals surface area contributed by atoms with Gasteiger partial charge in [-0.05, 0) is 54.0 Å². The Labute approximate surface area is 114 Å². The largest absolute Gasteiger partial charge is 0.496 e. The average molecular weight is 309 g/mol. The van der Waals surface area contributed by atoms with Crippen molar-refractivity contribution >= 4 is 21.7 Å². The number of ether oxygens (including phenoxy) is 1. The van der Waals surface area contributed by atoms with E-state index >= 15 is 0 Å². The van der Waals surface area contributed by atoms with Gasteiger partial charge < -0.3 is 9.15 Å². The number of carbonyl (C=O) groups excluding carboxylic acids is 1. The zero-order valence-electron chi connectivity index (χ0n) is 10.4. The second-order valence-electron chi connectivity index (χ2n) is 4.01. The van der Waals surface area contributed by atoms with Crippen LogP contribution in [0.15, 0.2) is 33.2 Å². The Hall–Kier alpha value is -1.55. The normalized spacial score (nSPS) is 10.4. The maximum absolute atomic E-state index is 12.3. The number of hydrogen-bond donors (Lipinski definition) is 0. The highest BCUT2D eigenvalue weighted by atomic mass is 79.9. The molecule has 0 N–H and O–H groups in total. The fourth-order valence-corrected chi connectivity index (χ4v) is 2.36. The zero-order chi connectivity index (χ0) is 13.3. The minimum atomic E-state index is -0.0484. The molecule has 0 amide bonds. The molecule has 18 heavy (non-hydrogen) atoms. The predicted molar refractivity (Wildman–Crippen MR) is 72.3 cm³/mol. The van der Waals surface area contributed by atoms with Gasteiger partial charge in [0.05, 0.1) is 17.1 Å². The Bertz CT molecular complexity index is 599. The van der Waals surface area contributed by atoms with Gasteiger partial charge in [-0.3, -0.25) is 4.79 Å². The third kappa shape index (κ3) is 2.34. The molecule has 0 spiro atoms. The fraction of sp³-hybridized carbons (Fsp3) is 0.214. The molecule has 0 bridgehead atoms. The second kappa shape index (κ2) is 4.98. The molecule has 3 nitrogen and oxygen atoms in total. The molecule has 0 saturated carbocycles. The number of rotatable bonds is 3. The van der Waals surface area contributed by atoms with Gasteiger partial charge in [0.15, 0.2) is 5.78 Å². The van der Waals surface area contributed by atoms with Crippen LogP contribution in [0.2, 0.25) is 0 Å². The molecule has 2 rings (SSSR count). The first-order valence-corrected chi connectivity index (χ1v) is 6.27. The van der Waals surface area contributed by atoms with E-state index in [-0.39, 0.29) is 5.78 Å². The summed E-state index contributed by atoms with van der Waals surface area (Å²) in [6.07, 6.45) is 0. The predicted octanol–water partition coefficient (Wildman–Crippen LogP) is 3.90. The van der Waals surface area contributed by atoms with Crippen molar-refractivity contribution in [2.45, 2.75) is 13.8 Å². The molecule has 0 aliphatic heterocycles. The average Bonchev–Trinajstić information content (AvgIpc) is 2.67. The summed E-state index contributed by atoms with van der Waals surface area (Å²) in [6.45, 7) is 3.62. The number of hydrogen-bond acceptors (Lipinski definition) is 3. The molecule has 0 aliphatic carbocycles. The fourth-order valence-electron chi connectivity index (χ4n) is 1.82. The van der Waals surface area contributed by atoms with Crippen LogP contribution in [0.3, 0.4) is 0 Å². The van der Waals surface area contributed by atoms with Crippen molar-refractivity contribution in [2.75, 3.05) is 7.11 Å². The first kappa shape index (κ1) is 12.9. The molecule has 0 saturated heterocycles. The lowest BCUT2D eigenvalue weighted by molar-refractivity contribution is 0.103. The van der Waals surface area contributed by atoms with Crippen LogP contribution in [0, 0.1) is 13.8 Å². The monoisotopic (exact) mass is 308 g/mol. The number of methoxy groups -OCH3 is 1. The number of benzene rings is 1. The van der Waals surface area contributed by atoms with E-state index in [9.17, 15) is 4.79 Å². The van der Waals surface area contributed by atoms with E-state index in [4.69, 9.17) is 9.15 Å². The molecule has 4 heteroatoms. The Morgan fingerprint density at radius 2 is 2.00 bits per heavy atom. The molecule has 1 heterocycles. The molecule has 1 aromatic carbocycles. The first-order valence-electron chi connectivity index (χ1n) is 5.48. The number of furan rings is 1. The van der Waals surface area contributed by atoms with Crippen molar-refractivity contribution in [2.24, 2.45) is 0 Å². The van der Waals surface area contributed by atoms with Crippen molar-refractivity contribution in [1.82, 2.24) is 0 Å². The molecule has 1 aromatic heterocycles. The molecular weight excluding hydrogens is 296 g/mol. The topological polar surface area (TPSA) is 39.4 Å².